The molecule has 4 heteroatoms. The van der Waals surface area contributed by atoms with Crippen molar-refractivity contribution in [3.05, 3.63) is 168 Å². The lowest BCUT2D eigenvalue weighted by molar-refractivity contribution is 0.670. The molecule has 0 saturated heterocycles. The first-order valence-corrected chi connectivity index (χ1v) is 16.3. The molecule has 7 aromatic rings. The second kappa shape index (κ2) is 11.5. The average Bonchev–Trinajstić information content (AvgIpc) is 3.54. The number of hydrogen-bond acceptors (Lipinski definition) is 4. The van der Waals surface area contributed by atoms with Crippen molar-refractivity contribution in [2.45, 2.75) is 25.2 Å². The number of allylic oxidation sites excluding steroid dienone is 5. The highest BCUT2D eigenvalue weighted by atomic mass is 16.3. The molecule has 0 saturated carbocycles. The third kappa shape index (κ3) is 4.81. The van der Waals surface area contributed by atoms with Crippen LogP contribution in [0, 0.1) is 0 Å². The summed E-state index contributed by atoms with van der Waals surface area (Å²) >= 11 is 0. The number of furan rings is 1. The van der Waals surface area contributed by atoms with E-state index in [2.05, 4.69) is 109 Å². The summed E-state index contributed by atoms with van der Waals surface area (Å²) in [6, 6.07) is 41.8. The van der Waals surface area contributed by atoms with E-state index in [-0.39, 0.29) is 0 Å². The summed E-state index contributed by atoms with van der Waals surface area (Å²) in [6.07, 6.45) is 12.4. The summed E-state index contributed by atoms with van der Waals surface area (Å²) < 4.78 is 6.58. The minimum absolute atomic E-state index is 0.325. The molecule has 0 fully saturated rings. The largest absolute Gasteiger partial charge is 0.455 e. The lowest BCUT2D eigenvalue weighted by atomic mass is 9.77. The molecule has 0 radical (unpaired) electrons. The van der Waals surface area contributed by atoms with Gasteiger partial charge in [0.05, 0.1) is 0 Å². The van der Waals surface area contributed by atoms with Crippen molar-refractivity contribution in [1.82, 2.24) is 15.0 Å². The van der Waals surface area contributed by atoms with Crippen molar-refractivity contribution in [3.63, 3.8) is 0 Å². The summed E-state index contributed by atoms with van der Waals surface area (Å²) in [4.78, 5) is 15.5. The molecule has 2 aliphatic carbocycles. The Hall–Kier alpha value is -5.87. The van der Waals surface area contributed by atoms with E-state index in [1.54, 1.807) is 0 Å². The van der Waals surface area contributed by atoms with Crippen LogP contribution < -0.4 is 0 Å². The van der Waals surface area contributed by atoms with Gasteiger partial charge in [0, 0.05) is 39.0 Å². The predicted octanol–water partition coefficient (Wildman–Crippen LogP) is 11.0. The molecule has 224 valence electrons. The van der Waals surface area contributed by atoms with Crippen LogP contribution in [0.25, 0.3) is 61.4 Å². The lowest BCUT2D eigenvalue weighted by Crippen LogP contribution is -2.12. The molecule has 0 spiro atoms. The van der Waals surface area contributed by atoms with Gasteiger partial charge in [-0.3, -0.25) is 0 Å². The Bertz CT molecular complexity index is 2380. The third-order valence-corrected chi connectivity index (χ3v) is 9.37. The molecule has 4 nitrogen and oxygen atoms in total. The summed E-state index contributed by atoms with van der Waals surface area (Å²) in [5.74, 6) is 2.29. The Labute approximate surface area is 273 Å². The summed E-state index contributed by atoms with van der Waals surface area (Å²) in [6.45, 7) is 0. The predicted molar refractivity (Wildman–Crippen MR) is 191 cm³/mol. The first kappa shape index (κ1) is 27.4. The first-order chi connectivity index (χ1) is 23.3. The van der Waals surface area contributed by atoms with E-state index in [1.807, 2.05) is 36.4 Å². The number of aromatic nitrogens is 3. The minimum atomic E-state index is 0.325. The van der Waals surface area contributed by atoms with Gasteiger partial charge >= 0.3 is 0 Å². The Balaban J connectivity index is 1.25. The molecule has 0 amide bonds. The Morgan fingerprint density at radius 2 is 1.26 bits per heavy atom. The van der Waals surface area contributed by atoms with Crippen molar-refractivity contribution in [2.24, 2.45) is 0 Å². The zero-order valence-electron chi connectivity index (χ0n) is 25.8. The van der Waals surface area contributed by atoms with Crippen molar-refractivity contribution in [2.75, 3.05) is 0 Å². The van der Waals surface area contributed by atoms with Crippen LogP contribution in [0.4, 0.5) is 0 Å². The zero-order valence-corrected chi connectivity index (χ0v) is 25.8. The molecule has 9 rings (SSSR count). The molecule has 0 N–H and O–H groups in total. The van der Waals surface area contributed by atoms with Crippen LogP contribution in [-0.2, 0) is 0 Å². The molecule has 0 bridgehead atoms. The van der Waals surface area contributed by atoms with E-state index in [4.69, 9.17) is 19.4 Å². The zero-order chi connectivity index (χ0) is 31.2. The topological polar surface area (TPSA) is 51.8 Å². The van der Waals surface area contributed by atoms with Crippen LogP contribution in [-0.4, -0.2) is 15.0 Å². The minimum Gasteiger partial charge on any atom is -0.455 e. The monoisotopic (exact) mass is 605 g/mol. The fraction of sp³-hybridized carbons (Fsp3) is 0.0930. The first-order valence-electron chi connectivity index (χ1n) is 16.3. The molecule has 2 aliphatic rings. The van der Waals surface area contributed by atoms with E-state index in [0.29, 0.717) is 23.4 Å². The van der Waals surface area contributed by atoms with Gasteiger partial charge in [-0.1, -0.05) is 140 Å². The van der Waals surface area contributed by atoms with Gasteiger partial charge in [0.25, 0.3) is 0 Å². The quantitative estimate of drug-likeness (QED) is 0.196. The maximum atomic E-state index is 6.58. The highest BCUT2D eigenvalue weighted by Crippen LogP contribution is 2.43. The van der Waals surface area contributed by atoms with Crippen LogP contribution in [0.5, 0.6) is 0 Å². The van der Waals surface area contributed by atoms with Crippen LogP contribution >= 0.6 is 0 Å². The Morgan fingerprint density at radius 1 is 0.553 bits per heavy atom. The van der Waals surface area contributed by atoms with Crippen LogP contribution in [0.15, 0.2) is 156 Å². The van der Waals surface area contributed by atoms with Crippen molar-refractivity contribution < 1.29 is 4.42 Å². The molecular weight excluding hydrogens is 574 g/mol. The van der Waals surface area contributed by atoms with Gasteiger partial charge in [0.1, 0.15) is 11.2 Å². The highest BCUT2D eigenvalue weighted by Gasteiger charge is 2.27. The average molecular weight is 606 g/mol. The molecule has 5 aromatic carbocycles. The molecule has 0 aliphatic heterocycles. The standard InChI is InChI=1S/C43H31N3O/c1-4-14-28(15-5-1)31-26-27-35(34-21-11-10-20-33(31)34)42-44-41(30-18-8-3-9-19-30)45-43(46-42)37-24-13-25-38-39(37)36-23-12-22-32(40(36)47-38)29-16-6-2-7-17-29/h2-4,6-25,27,31H,1,5,26H2. The van der Waals surface area contributed by atoms with Crippen molar-refractivity contribution >= 4 is 27.5 Å². The number of rotatable bonds is 5. The molecule has 2 aromatic heterocycles. The van der Waals surface area contributed by atoms with Gasteiger partial charge in [-0.15, -0.1) is 0 Å². The highest BCUT2D eigenvalue weighted by molar-refractivity contribution is 6.15. The summed E-state index contributed by atoms with van der Waals surface area (Å²) in [7, 11) is 0. The second-order valence-electron chi connectivity index (χ2n) is 12.2. The fourth-order valence-electron chi connectivity index (χ4n) is 7.15. The number of fused-ring (bicyclic) bond motifs is 4. The summed E-state index contributed by atoms with van der Waals surface area (Å²) in [5.41, 5.74) is 10.7. The van der Waals surface area contributed by atoms with Crippen molar-refractivity contribution in [1.29, 1.82) is 0 Å². The van der Waals surface area contributed by atoms with Crippen LogP contribution in [0.2, 0.25) is 0 Å². The Kier molecular flexibility index (Phi) is 6.71. The molecule has 1 atom stereocenters. The summed E-state index contributed by atoms with van der Waals surface area (Å²) in [5, 5.41) is 2.05. The maximum absolute atomic E-state index is 6.58. The van der Waals surface area contributed by atoms with Gasteiger partial charge in [0.15, 0.2) is 17.5 Å². The number of hydrogen-bond donors (Lipinski definition) is 0. The van der Waals surface area contributed by atoms with E-state index >= 15 is 0 Å². The molecule has 47 heavy (non-hydrogen) atoms. The van der Waals surface area contributed by atoms with Gasteiger partial charge in [-0.2, -0.15) is 0 Å². The van der Waals surface area contributed by atoms with E-state index in [1.165, 1.54) is 16.7 Å². The van der Waals surface area contributed by atoms with E-state index < -0.39 is 0 Å². The van der Waals surface area contributed by atoms with Gasteiger partial charge < -0.3 is 4.42 Å². The number of benzene rings is 5. The normalized spacial score (nSPS) is 15.8. The fourth-order valence-corrected chi connectivity index (χ4v) is 7.15. The number of nitrogens with zero attached hydrogens (tertiary/aromatic N) is 3. The van der Waals surface area contributed by atoms with Crippen molar-refractivity contribution in [3.8, 4) is 33.9 Å². The molecule has 2 heterocycles. The van der Waals surface area contributed by atoms with Gasteiger partial charge in [-0.25, -0.2) is 15.0 Å². The van der Waals surface area contributed by atoms with E-state index in [0.717, 1.165) is 69.0 Å². The Morgan fingerprint density at radius 3 is 2.09 bits per heavy atom. The van der Waals surface area contributed by atoms with Crippen LogP contribution in [0.3, 0.4) is 0 Å². The third-order valence-electron chi connectivity index (χ3n) is 9.37. The van der Waals surface area contributed by atoms with Gasteiger partial charge in [0.2, 0.25) is 0 Å². The lowest BCUT2D eigenvalue weighted by Gasteiger charge is -2.27. The smallest absolute Gasteiger partial charge is 0.164 e. The maximum Gasteiger partial charge on any atom is 0.164 e. The van der Waals surface area contributed by atoms with E-state index in [9.17, 15) is 0 Å². The number of para-hydroxylation sites is 1. The molecular formula is C43H31N3O. The molecule has 1 unspecified atom stereocenters. The SMILES string of the molecule is C1=CC(C2CC=C(c3nc(-c4ccccc4)nc(-c4cccc5oc6c(-c7ccccc7)cccc6c45)n3)c3ccccc32)=CCC1. The second-order valence-corrected chi connectivity index (χ2v) is 12.2. The van der Waals surface area contributed by atoms with Crippen LogP contribution in [0.1, 0.15) is 42.1 Å². The van der Waals surface area contributed by atoms with Gasteiger partial charge in [-0.05, 0) is 47.6 Å².